The molecule has 0 unspecified atom stereocenters. The summed E-state index contributed by atoms with van der Waals surface area (Å²) in [6.45, 7) is 6.00. The lowest BCUT2D eigenvalue weighted by Gasteiger charge is -1.97. The van der Waals surface area contributed by atoms with Crippen molar-refractivity contribution in [1.29, 1.82) is 0 Å². The number of nitrogens with two attached hydrogens (primary N) is 1. The summed E-state index contributed by atoms with van der Waals surface area (Å²) in [5, 5.41) is 15.6. The lowest BCUT2D eigenvalue weighted by atomic mass is 10.3. The number of anilines is 1. The molecule has 1 aromatic heterocycles. The molecular weight excluding hydrogens is 216 g/mol. The highest BCUT2D eigenvalue weighted by atomic mass is 32.1. The molecule has 1 rings (SSSR count). The summed E-state index contributed by atoms with van der Waals surface area (Å²) in [6.07, 6.45) is 0. The Kier molecular flexibility index (Phi) is 5.72. The summed E-state index contributed by atoms with van der Waals surface area (Å²) in [5.41, 5.74) is 5.48. The largest absolute Gasteiger partial charge is 0.410 e. The Balaban J connectivity index is 0.000000921. The van der Waals surface area contributed by atoms with Gasteiger partial charge in [-0.3, -0.25) is 4.79 Å². The average molecular weight is 228 g/mol. The van der Waals surface area contributed by atoms with Gasteiger partial charge in [0.1, 0.15) is 5.69 Å². The molecule has 0 saturated carbocycles. The lowest BCUT2D eigenvalue weighted by molar-refractivity contribution is -0.114. The number of likely N-dealkylation sites (N-methyl/N-ethyl adjacent to an activating group) is 1. The minimum absolute atomic E-state index is 0.143. The predicted molar refractivity (Wildman–Crippen MR) is 60.2 cm³/mol. The minimum Gasteiger partial charge on any atom is -0.410 e. The van der Waals surface area contributed by atoms with E-state index in [0.29, 0.717) is 5.13 Å². The Morgan fingerprint density at radius 2 is 2.33 bits per heavy atom. The van der Waals surface area contributed by atoms with Crippen molar-refractivity contribution in [3.63, 3.8) is 0 Å². The van der Waals surface area contributed by atoms with Crippen molar-refractivity contribution in [2.45, 2.75) is 0 Å². The number of aromatic nitrogens is 1. The quantitative estimate of drug-likeness (QED) is 0.296. The van der Waals surface area contributed by atoms with Crippen molar-refractivity contribution in [2.24, 2.45) is 5.16 Å². The summed E-state index contributed by atoms with van der Waals surface area (Å²) >= 11 is 1.17. The van der Waals surface area contributed by atoms with E-state index in [1.165, 1.54) is 18.4 Å². The first-order valence-corrected chi connectivity index (χ1v) is 4.72. The summed E-state index contributed by atoms with van der Waals surface area (Å²) < 4.78 is 0. The van der Waals surface area contributed by atoms with Crippen molar-refractivity contribution >= 4 is 28.1 Å². The number of hydrogen-bond donors (Lipinski definition) is 3. The van der Waals surface area contributed by atoms with Gasteiger partial charge in [0, 0.05) is 12.4 Å². The van der Waals surface area contributed by atoms with Crippen molar-refractivity contribution in [3.8, 4) is 0 Å². The fourth-order valence-corrected chi connectivity index (χ4v) is 1.28. The third-order valence-corrected chi connectivity index (χ3v) is 1.98. The van der Waals surface area contributed by atoms with E-state index in [1.54, 1.807) is 5.38 Å². The number of carbonyl (C=O) groups is 1. The van der Waals surface area contributed by atoms with E-state index in [1.807, 2.05) is 0 Å². The highest BCUT2D eigenvalue weighted by molar-refractivity contribution is 7.13. The number of nitrogen functional groups attached to an aromatic ring is 1. The molecule has 82 valence electrons. The van der Waals surface area contributed by atoms with Crippen LogP contribution in [0.5, 0.6) is 0 Å². The van der Waals surface area contributed by atoms with E-state index in [2.05, 4.69) is 28.6 Å². The van der Waals surface area contributed by atoms with Gasteiger partial charge in [-0.05, 0) is 0 Å². The van der Waals surface area contributed by atoms with E-state index in [9.17, 15) is 4.79 Å². The Morgan fingerprint density at radius 3 is 2.67 bits per heavy atom. The molecule has 0 fully saturated rings. The Hall–Kier alpha value is -1.89. The van der Waals surface area contributed by atoms with Crippen LogP contribution in [0.2, 0.25) is 0 Å². The third-order valence-electron chi connectivity index (χ3n) is 1.31. The molecule has 0 spiro atoms. The SMILES string of the molecule is C=C.CNC(=O)/C(=N\O)c1csc(N)n1. The van der Waals surface area contributed by atoms with E-state index in [4.69, 9.17) is 10.9 Å². The van der Waals surface area contributed by atoms with E-state index in [-0.39, 0.29) is 11.4 Å². The normalized spacial score (nSPS) is 10.1. The maximum absolute atomic E-state index is 11.1. The van der Waals surface area contributed by atoms with Crippen LogP contribution < -0.4 is 11.1 Å². The molecule has 1 heterocycles. The monoisotopic (exact) mass is 228 g/mol. The molecule has 6 nitrogen and oxygen atoms in total. The summed E-state index contributed by atoms with van der Waals surface area (Å²) in [4.78, 5) is 14.9. The molecule has 0 aliphatic rings. The second-order valence-electron chi connectivity index (χ2n) is 2.10. The summed E-state index contributed by atoms with van der Waals surface area (Å²) in [5.74, 6) is -0.507. The zero-order chi connectivity index (χ0) is 11.8. The number of nitrogens with one attached hydrogen (secondary N) is 1. The fourth-order valence-electron chi connectivity index (χ4n) is 0.728. The molecule has 0 saturated heterocycles. The molecule has 0 aliphatic carbocycles. The van der Waals surface area contributed by atoms with Crippen LogP contribution in [0.4, 0.5) is 5.13 Å². The molecule has 0 bridgehead atoms. The van der Waals surface area contributed by atoms with Gasteiger partial charge in [-0.15, -0.1) is 24.5 Å². The lowest BCUT2D eigenvalue weighted by Crippen LogP contribution is -2.28. The van der Waals surface area contributed by atoms with Crippen LogP contribution in [0.3, 0.4) is 0 Å². The fraction of sp³-hybridized carbons (Fsp3) is 0.125. The first-order chi connectivity index (χ1) is 7.19. The van der Waals surface area contributed by atoms with Crippen molar-refractivity contribution in [1.82, 2.24) is 10.3 Å². The van der Waals surface area contributed by atoms with Crippen LogP contribution >= 0.6 is 11.3 Å². The molecule has 4 N–H and O–H groups in total. The molecule has 1 aromatic rings. The van der Waals surface area contributed by atoms with E-state index in [0.717, 1.165) is 0 Å². The molecule has 0 atom stereocenters. The Bertz CT molecular complexity index is 361. The molecule has 15 heavy (non-hydrogen) atoms. The number of amides is 1. The van der Waals surface area contributed by atoms with Crippen LogP contribution in [0, 0.1) is 0 Å². The zero-order valence-corrected chi connectivity index (χ0v) is 9.04. The van der Waals surface area contributed by atoms with Gasteiger partial charge < -0.3 is 16.3 Å². The van der Waals surface area contributed by atoms with Crippen LogP contribution in [0.15, 0.2) is 23.7 Å². The number of thiazole rings is 1. The van der Waals surface area contributed by atoms with Gasteiger partial charge in [0.15, 0.2) is 10.8 Å². The van der Waals surface area contributed by atoms with Gasteiger partial charge in [-0.2, -0.15) is 0 Å². The number of rotatable bonds is 2. The van der Waals surface area contributed by atoms with Gasteiger partial charge in [0.05, 0.1) is 0 Å². The molecular formula is C8H12N4O2S. The number of hydrogen-bond acceptors (Lipinski definition) is 6. The van der Waals surface area contributed by atoms with E-state index >= 15 is 0 Å². The van der Waals surface area contributed by atoms with Crippen LogP contribution in [0.1, 0.15) is 5.69 Å². The second-order valence-corrected chi connectivity index (χ2v) is 2.99. The van der Waals surface area contributed by atoms with Crippen LogP contribution in [-0.2, 0) is 4.79 Å². The molecule has 7 heteroatoms. The van der Waals surface area contributed by atoms with Crippen LogP contribution in [0.25, 0.3) is 0 Å². The van der Waals surface area contributed by atoms with Gasteiger partial charge in [0.25, 0.3) is 5.91 Å². The zero-order valence-electron chi connectivity index (χ0n) is 8.23. The summed E-state index contributed by atoms with van der Waals surface area (Å²) in [7, 11) is 1.43. The van der Waals surface area contributed by atoms with Gasteiger partial charge >= 0.3 is 0 Å². The van der Waals surface area contributed by atoms with Crippen molar-refractivity contribution in [2.75, 3.05) is 12.8 Å². The number of nitrogens with zero attached hydrogens (tertiary/aromatic N) is 2. The molecule has 1 amide bonds. The highest BCUT2D eigenvalue weighted by Gasteiger charge is 2.15. The molecule has 0 aromatic carbocycles. The minimum atomic E-state index is -0.507. The van der Waals surface area contributed by atoms with E-state index < -0.39 is 5.91 Å². The Morgan fingerprint density at radius 1 is 1.73 bits per heavy atom. The average Bonchev–Trinajstić information content (AvgIpc) is 2.68. The molecule has 0 aliphatic heterocycles. The van der Waals surface area contributed by atoms with Gasteiger partial charge in [0.2, 0.25) is 0 Å². The van der Waals surface area contributed by atoms with Gasteiger partial charge in [-0.1, -0.05) is 5.16 Å². The summed E-state index contributed by atoms with van der Waals surface area (Å²) in [6, 6.07) is 0. The van der Waals surface area contributed by atoms with Crippen molar-refractivity contribution in [3.05, 3.63) is 24.2 Å². The van der Waals surface area contributed by atoms with Crippen LogP contribution in [-0.4, -0.2) is 28.9 Å². The highest BCUT2D eigenvalue weighted by Crippen LogP contribution is 2.11. The third kappa shape index (κ3) is 3.39. The number of carbonyl (C=O) groups excluding carboxylic acids is 1. The maximum Gasteiger partial charge on any atom is 0.275 e. The standard InChI is InChI=1S/C6H8N4O2S.C2H4/c1-8-5(11)4(10-12)3-2-13-6(7)9-3;1-2/h2,12H,1H3,(H2,7,9)(H,8,11);1-2H2/b10-4-;. The Labute approximate surface area is 91.1 Å². The van der Waals surface area contributed by atoms with Crippen molar-refractivity contribution < 1.29 is 10.0 Å². The topological polar surface area (TPSA) is 101 Å². The molecule has 0 radical (unpaired) electrons. The first kappa shape index (κ1) is 13.1. The predicted octanol–water partition coefficient (Wildman–Crippen LogP) is 0.452. The van der Waals surface area contributed by atoms with Gasteiger partial charge in [-0.25, -0.2) is 4.98 Å². The maximum atomic E-state index is 11.1. The number of oxime groups is 1. The second kappa shape index (κ2) is 6.55. The smallest absolute Gasteiger partial charge is 0.275 e. The first-order valence-electron chi connectivity index (χ1n) is 3.84.